The summed E-state index contributed by atoms with van der Waals surface area (Å²) in [5.74, 6) is 0.768. The lowest BCUT2D eigenvalue weighted by Gasteiger charge is -2.16. The lowest BCUT2D eigenvalue weighted by atomic mass is 10.2. The number of benzene rings is 1. The largest absolute Gasteiger partial charge is 0.476 e. The van der Waals surface area contributed by atoms with E-state index in [2.05, 4.69) is 15.9 Å². The molecule has 0 spiro atoms. The highest BCUT2D eigenvalue weighted by Gasteiger charge is 2.17. The van der Waals surface area contributed by atoms with Gasteiger partial charge in [-0.2, -0.15) is 5.26 Å². The molecule has 2 nitrogen and oxygen atoms in total. The molecule has 0 aliphatic heterocycles. The number of rotatable bonds is 4. The summed E-state index contributed by atoms with van der Waals surface area (Å²) in [4.78, 5) is 0. The van der Waals surface area contributed by atoms with E-state index in [4.69, 9.17) is 33.2 Å². The number of ether oxygens (including phenoxy) is 1. The molecular weight excluding hydrogens is 301 g/mol. The number of hydrogen-bond donors (Lipinski definition) is 0. The Morgan fingerprint density at radius 2 is 2.13 bits per heavy atom. The summed E-state index contributed by atoms with van der Waals surface area (Å²) in [5, 5.41) is 8.06. The van der Waals surface area contributed by atoms with Crippen molar-refractivity contribution in [3.8, 4) is 11.8 Å². The van der Waals surface area contributed by atoms with Crippen LogP contribution in [-0.2, 0) is 0 Å². The molecule has 0 amide bonds. The highest BCUT2D eigenvalue weighted by atomic mass is 79.9. The Morgan fingerprint density at radius 3 is 2.73 bits per heavy atom. The average Bonchev–Trinajstić information content (AvgIpc) is 2.28. The van der Waals surface area contributed by atoms with Gasteiger partial charge in [-0.15, -0.1) is 23.2 Å². The molecule has 15 heavy (non-hydrogen) atoms. The summed E-state index contributed by atoms with van der Waals surface area (Å²) < 4.78 is 5.47. The number of para-hydroxylation sites is 1. The van der Waals surface area contributed by atoms with Gasteiger partial charge in [0.25, 0.3) is 0 Å². The number of nitriles is 1. The van der Waals surface area contributed by atoms with Gasteiger partial charge in [0.1, 0.15) is 11.8 Å². The van der Waals surface area contributed by atoms with E-state index in [1.54, 1.807) is 24.3 Å². The average molecular weight is 309 g/mol. The topological polar surface area (TPSA) is 33.0 Å². The van der Waals surface area contributed by atoms with Gasteiger partial charge >= 0.3 is 0 Å². The molecule has 0 aromatic heterocycles. The van der Waals surface area contributed by atoms with Gasteiger partial charge in [0.2, 0.25) is 0 Å². The minimum atomic E-state index is -0.411. The number of nitrogens with zero attached hydrogens (tertiary/aromatic N) is 1. The van der Waals surface area contributed by atoms with Crippen molar-refractivity contribution in [1.29, 1.82) is 5.26 Å². The number of alkyl halides is 3. The molecule has 1 rings (SSSR count). The zero-order valence-electron chi connectivity index (χ0n) is 7.66. The lowest BCUT2D eigenvalue weighted by Crippen LogP contribution is -2.22. The van der Waals surface area contributed by atoms with E-state index in [-0.39, 0.29) is 11.3 Å². The Balaban J connectivity index is 2.77. The van der Waals surface area contributed by atoms with E-state index in [1.807, 2.05) is 6.07 Å². The predicted molar refractivity (Wildman–Crippen MR) is 64.9 cm³/mol. The Bertz CT molecular complexity index is 367. The van der Waals surface area contributed by atoms with Gasteiger partial charge in [0, 0.05) is 5.88 Å². The molecule has 80 valence electrons. The van der Waals surface area contributed by atoms with Crippen molar-refractivity contribution in [3.63, 3.8) is 0 Å². The van der Waals surface area contributed by atoms with Crippen molar-refractivity contribution >= 4 is 39.1 Å². The summed E-state index contributed by atoms with van der Waals surface area (Å²) >= 11 is 14.7. The van der Waals surface area contributed by atoms with Crippen LogP contribution in [0.5, 0.6) is 5.75 Å². The maximum absolute atomic E-state index is 8.82. The molecular formula is C10H8BrCl2NO. The Hall–Kier alpha value is -0.430. The molecule has 0 radical (unpaired) electrons. The van der Waals surface area contributed by atoms with E-state index in [1.165, 1.54) is 0 Å². The Kier molecular flexibility index (Phi) is 5.24. The second kappa shape index (κ2) is 6.22. The molecule has 1 aromatic carbocycles. The number of hydrogen-bond acceptors (Lipinski definition) is 2. The zero-order chi connectivity index (χ0) is 11.3. The van der Waals surface area contributed by atoms with E-state index < -0.39 is 5.01 Å². The third-order valence-corrected chi connectivity index (χ3v) is 3.68. The van der Waals surface area contributed by atoms with Crippen LogP contribution in [0.3, 0.4) is 0 Å². The lowest BCUT2D eigenvalue weighted by molar-refractivity contribution is 0.293. The van der Waals surface area contributed by atoms with Crippen LogP contribution in [0.2, 0.25) is 0 Å². The second-order valence-corrected chi connectivity index (χ2v) is 4.52. The van der Waals surface area contributed by atoms with Gasteiger partial charge in [-0.05, 0) is 28.1 Å². The second-order valence-electron chi connectivity index (χ2n) is 2.75. The maximum atomic E-state index is 8.82. The molecule has 2 unspecified atom stereocenters. The van der Waals surface area contributed by atoms with Crippen molar-refractivity contribution in [2.45, 2.75) is 10.4 Å². The third kappa shape index (κ3) is 3.57. The summed E-state index contributed by atoms with van der Waals surface area (Å²) in [7, 11) is 0. The third-order valence-electron chi connectivity index (χ3n) is 1.68. The molecule has 0 bridgehead atoms. The highest BCUT2D eigenvalue weighted by Crippen LogP contribution is 2.23. The Morgan fingerprint density at radius 1 is 1.47 bits per heavy atom. The van der Waals surface area contributed by atoms with E-state index in [0.29, 0.717) is 11.3 Å². The van der Waals surface area contributed by atoms with Crippen LogP contribution in [0.1, 0.15) is 5.56 Å². The maximum Gasteiger partial charge on any atom is 0.170 e. The highest BCUT2D eigenvalue weighted by molar-refractivity contribution is 9.09. The van der Waals surface area contributed by atoms with E-state index >= 15 is 0 Å². The molecule has 0 saturated heterocycles. The van der Waals surface area contributed by atoms with Gasteiger partial charge in [0.05, 0.1) is 10.9 Å². The van der Waals surface area contributed by atoms with Crippen LogP contribution in [0.15, 0.2) is 24.3 Å². The normalized spacial score (nSPS) is 14.0. The minimum Gasteiger partial charge on any atom is -0.476 e. The van der Waals surface area contributed by atoms with Crippen LogP contribution in [-0.4, -0.2) is 16.3 Å². The fraction of sp³-hybridized carbons (Fsp3) is 0.300. The zero-order valence-corrected chi connectivity index (χ0v) is 10.8. The first-order valence-corrected chi connectivity index (χ1v) is 6.07. The first-order valence-electron chi connectivity index (χ1n) is 4.19. The molecule has 1 aromatic rings. The van der Waals surface area contributed by atoms with Crippen molar-refractivity contribution < 1.29 is 4.74 Å². The van der Waals surface area contributed by atoms with Gasteiger partial charge in [-0.3, -0.25) is 0 Å². The fourth-order valence-corrected chi connectivity index (χ4v) is 1.74. The SMILES string of the molecule is N#Cc1ccccc1OC(Br)C(Cl)CCl. The van der Waals surface area contributed by atoms with Crippen molar-refractivity contribution in [1.82, 2.24) is 0 Å². The van der Waals surface area contributed by atoms with E-state index in [9.17, 15) is 0 Å². The van der Waals surface area contributed by atoms with Crippen LogP contribution in [0.25, 0.3) is 0 Å². The van der Waals surface area contributed by atoms with Crippen LogP contribution in [0, 0.1) is 11.3 Å². The van der Waals surface area contributed by atoms with Crippen molar-refractivity contribution in [2.24, 2.45) is 0 Å². The smallest absolute Gasteiger partial charge is 0.170 e. The fourth-order valence-electron chi connectivity index (χ4n) is 0.927. The summed E-state index contributed by atoms with van der Waals surface area (Å²) in [6, 6.07) is 8.99. The van der Waals surface area contributed by atoms with Crippen molar-refractivity contribution in [2.75, 3.05) is 5.88 Å². The molecule has 5 heteroatoms. The van der Waals surface area contributed by atoms with Gasteiger partial charge in [-0.25, -0.2) is 0 Å². The Labute approximate surface area is 107 Å². The van der Waals surface area contributed by atoms with Gasteiger partial charge < -0.3 is 4.74 Å². The van der Waals surface area contributed by atoms with Crippen LogP contribution >= 0.6 is 39.1 Å². The quantitative estimate of drug-likeness (QED) is 0.798. The molecule has 0 heterocycles. The van der Waals surface area contributed by atoms with E-state index in [0.717, 1.165) is 0 Å². The van der Waals surface area contributed by atoms with Crippen LogP contribution < -0.4 is 4.74 Å². The van der Waals surface area contributed by atoms with Crippen LogP contribution in [0.4, 0.5) is 0 Å². The minimum absolute atomic E-state index is 0.270. The first-order chi connectivity index (χ1) is 7.19. The molecule has 2 atom stereocenters. The molecule has 0 N–H and O–H groups in total. The molecule has 0 aliphatic carbocycles. The summed E-state index contributed by atoms with van der Waals surface area (Å²) in [6.07, 6.45) is 0. The van der Waals surface area contributed by atoms with Gasteiger partial charge in [0.15, 0.2) is 5.01 Å². The number of halogens is 3. The van der Waals surface area contributed by atoms with Gasteiger partial charge in [-0.1, -0.05) is 12.1 Å². The molecule has 0 saturated carbocycles. The predicted octanol–water partition coefficient (Wildman–Crippen LogP) is 3.50. The summed E-state index contributed by atoms with van der Waals surface area (Å²) in [5.41, 5.74) is 0.473. The monoisotopic (exact) mass is 307 g/mol. The molecule has 0 fully saturated rings. The van der Waals surface area contributed by atoms with Crippen molar-refractivity contribution in [3.05, 3.63) is 29.8 Å². The summed E-state index contributed by atoms with van der Waals surface area (Å²) in [6.45, 7) is 0. The first kappa shape index (κ1) is 12.6. The molecule has 0 aliphatic rings. The standard InChI is InChI=1S/C10H8BrCl2NO/c11-10(8(13)5-12)15-9-4-2-1-3-7(9)6-14/h1-4,8,10H,5H2.